The Labute approximate surface area is 89.9 Å². The van der Waals surface area contributed by atoms with Gasteiger partial charge in [-0.25, -0.2) is 0 Å². The molecule has 14 heavy (non-hydrogen) atoms. The Morgan fingerprint density at radius 2 is 1.36 bits per heavy atom. The summed E-state index contributed by atoms with van der Waals surface area (Å²) in [7, 11) is 0. The van der Waals surface area contributed by atoms with Crippen molar-refractivity contribution in [2.75, 3.05) is 6.61 Å². The minimum absolute atomic E-state index is 0.358. The van der Waals surface area contributed by atoms with Gasteiger partial charge >= 0.3 is 0 Å². The molecule has 0 bridgehead atoms. The van der Waals surface area contributed by atoms with Gasteiger partial charge in [-0.15, -0.1) is 0 Å². The molecule has 2 unspecified atom stereocenters. The van der Waals surface area contributed by atoms with Crippen LogP contribution in [0.15, 0.2) is 0 Å². The summed E-state index contributed by atoms with van der Waals surface area (Å²) in [6.45, 7) is 7.35. The molecule has 0 spiro atoms. The maximum absolute atomic E-state index is 8.69. The molecule has 0 heterocycles. The second kappa shape index (κ2) is 9.51. The molecule has 0 aliphatic rings. The third kappa shape index (κ3) is 7.37. The van der Waals surface area contributed by atoms with Crippen LogP contribution in [0.4, 0.5) is 0 Å². The highest BCUT2D eigenvalue weighted by atomic mass is 16.2. The van der Waals surface area contributed by atoms with Gasteiger partial charge in [-0.3, -0.25) is 0 Å². The van der Waals surface area contributed by atoms with E-state index in [1.165, 1.54) is 38.5 Å². The Bertz CT molecular complexity index is 97.8. The van der Waals surface area contributed by atoms with Crippen molar-refractivity contribution in [1.29, 1.82) is 0 Å². The number of hydrogen-bond acceptors (Lipinski definition) is 1. The molecule has 1 heteroatoms. The first-order valence-electron chi connectivity index (χ1n) is 6.33. The molecule has 2 atom stereocenters. The zero-order valence-corrected chi connectivity index (χ0v) is 10.3. The Kier molecular flexibility index (Phi) is 9.49. The molecule has 0 saturated carbocycles. The van der Waals surface area contributed by atoms with Gasteiger partial charge in [0.15, 0.2) is 0 Å². The maximum Gasteiger partial charge on any atom is 0.0431 e. The highest BCUT2D eigenvalue weighted by molar-refractivity contribution is 4.62. The zero-order valence-electron chi connectivity index (χ0n) is 10.3. The van der Waals surface area contributed by atoms with E-state index in [4.69, 9.17) is 5.11 Å². The van der Waals surface area contributed by atoms with E-state index >= 15 is 0 Å². The molecular weight excluding hydrogens is 172 g/mol. The number of unbranched alkanes of at least 4 members (excludes halogenated alkanes) is 3. The lowest BCUT2D eigenvalue weighted by Crippen LogP contribution is -2.08. The highest BCUT2D eigenvalue weighted by Gasteiger charge is 2.10. The molecule has 1 N–H and O–H groups in total. The van der Waals surface area contributed by atoms with Gasteiger partial charge in [0.1, 0.15) is 0 Å². The summed E-state index contributed by atoms with van der Waals surface area (Å²) >= 11 is 0. The molecule has 0 radical (unpaired) electrons. The van der Waals surface area contributed by atoms with Crippen molar-refractivity contribution in [1.82, 2.24) is 0 Å². The SMILES string of the molecule is CCCCCC(C)C(C)CCCCO. The monoisotopic (exact) mass is 200 g/mol. The molecule has 0 fully saturated rings. The third-order valence-corrected chi connectivity index (χ3v) is 3.30. The topological polar surface area (TPSA) is 20.2 Å². The number of aliphatic hydroxyl groups is 1. The summed E-state index contributed by atoms with van der Waals surface area (Å²) in [6, 6.07) is 0. The van der Waals surface area contributed by atoms with Crippen molar-refractivity contribution < 1.29 is 5.11 Å². The van der Waals surface area contributed by atoms with Crippen molar-refractivity contribution in [2.24, 2.45) is 11.8 Å². The van der Waals surface area contributed by atoms with Crippen LogP contribution < -0.4 is 0 Å². The van der Waals surface area contributed by atoms with Gasteiger partial charge in [-0.1, -0.05) is 59.3 Å². The van der Waals surface area contributed by atoms with Crippen LogP contribution in [0.3, 0.4) is 0 Å². The van der Waals surface area contributed by atoms with Gasteiger partial charge in [0, 0.05) is 6.61 Å². The molecule has 0 rings (SSSR count). The maximum atomic E-state index is 8.69. The van der Waals surface area contributed by atoms with Crippen molar-refractivity contribution in [3.8, 4) is 0 Å². The summed E-state index contributed by atoms with van der Waals surface area (Å²) < 4.78 is 0. The normalized spacial score (nSPS) is 15.4. The quantitative estimate of drug-likeness (QED) is 0.558. The van der Waals surface area contributed by atoms with Crippen LogP contribution in [0.1, 0.15) is 65.7 Å². The largest absolute Gasteiger partial charge is 0.396 e. The fraction of sp³-hybridized carbons (Fsp3) is 1.00. The van der Waals surface area contributed by atoms with E-state index in [0.29, 0.717) is 6.61 Å². The molecule has 0 saturated heterocycles. The van der Waals surface area contributed by atoms with Crippen molar-refractivity contribution in [3.05, 3.63) is 0 Å². The predicted octanol–water partition coefficient (Wildman–Crippen LogP) is 4.00. The van der Waals surface area contributed by atoms with E-state index in [9.17, 15) is 0 Å². The summed E-state index contributed by atoms with van der Waals surface area (Å²) in [5.74, 6) is 1.69. The van der Waals surface area contributed by atoms with Crippen LogP contribution in [-0.4, -0.2) is 11.7 Å². The average Bonchev–Trinajstić information content (AvgIpc) is 2.18. The Balaban J connectivity index is 3.39. The van der Waals surface area contributed by atoms with Gasteiger partial charge in [-0.2, -0.15) is 0 Å². The van der Waals surface area contributed by atoms with E-state index in [1.807, 2.05) is 0 Å². The second-order valence-electron chi connectivity index (χ2n) is 4.67. The van der Waals surface area contributed by atoms with E-state index in [0.717, 1.165) is 18.3 Å². The number of hydrogen-bond donors (Lipinski definition) is 1. The van der Waals surface area contributed by atoms with Crippen molar-refractivity contribution in [2.45, 2.75) is 65.7 Å². The van der Waals surface area contributed by atoms with Crippen LogP contribution in [0.25, 0.3) is 0 Å². The molecule has 0 aromatic carbocycles. The predicted molar refractivity (Wildman–Crippen MR) is 63.4 cm³/mol. The van der Waals surface area contributed by atoms with Crippen LogP contribution in [0.2, 0.25) is 0 Å². The van der Waals surface area contributed by atoms with E-state index in [1.54, 1.807) is 0 Å². The molecule has 0 aromatic rings. The molecule has 0 aliphatic carbocycles. The first kappa shape index (κ1) is 14.0. The smallest absolute Gasteiger partial charge is 0.0431 e. The van der Waals surface area contributed by atoms with E-state index < -0.39 is 0 Å². The summed E-state index contributed by atoms with van der Waals surface area (Å²) in [5.41, 5.74) is 0. The van der Waals surface area contributed by atoms with E-state index in [-0.39, 0.29) is 0 Å². The van der Waals surface area contributed by atoms with Gasteiger partial charge in [0.25, 0.3) is 0 Å². The molecule has 0 aromatic heterocycles. The van der Waals surface area contributed by atoms with Crippen LogP contribution >= 0.6 is 0 Å². The van der Waals surface area contributed by atoms with Crippen LogP contribution in [0.5, 0.6) is 0 Å². The number of aliphatic hydroxyl groups excluding tert-OH is 1. The lowest BCUT2D eigenvalue weighted by atomic mass is 9.87. The Morgan fingerprint density at radius 3 is 1.79 bits per heavy atom. The molecule has 1 nitrogen and oxygen atoms in total. The minimum atomic E-state index is 0.358. The molecule has 86 valence electrons. The second-order valence-corrected chi connectivity index (χ2v) is 4.67. The van der Waals surface area contributed by atoms with Gasteiger partial charge in [0.2, 0.25) is 0 Å². The standard InChI is InChI=1S/C13H28O/c1-4-5-6-9-12(2)13(3)10-7-8-11-14/h12-14H,4-11H2,1-3H3. The summed E-state index contributed by atoms with van der Waals surface area (Å²) in [4.78, 5) is 0. The summed E-state index contributed by atoms with van der Waals surface area (Å²) in [6.07, 6.45) is 8.94. The highest BCUT2D eigenvalue weighted by Crippen LogP contribution is 2.22. The fourth-order valence-electron chi connectivity index (χ4n) is 1.86. The third-order valence-electron chi connectivity index (χ3n) is 3.30. The number of rotatable bonds is 9. The Hall–Kier alpha value is -0.0400. The van der Waals surface area contributed by atoms with Gasteiger partial charge < -0.3 is 5.11 Å². The van der Waals surface area contributed by atoms with Crippen LogP contribution in [-0.2, 0) is 0 Å². The van der Waals surface area contributed by atoms with Crippen LogP contribution in [0, 0.1) is 11.8 Å². The minimum Gasteiger partial charge on any atom is -0.396 e. The summed E-state index contributed by atoms with van der Waals surface area (Å²) in [5, 5.41) is 8.69. The molecular formula is C13H28O. The Morgan fingerprint density at radius 1 is 0.857 bits per heavy atom. The first-order chi connectivity index (χ1) is 6.72. The first-order valence-corrected chi connectivity index (χ1v) is 6.33. The zero-order chi connectivity index (χ0) is 10.8. The van der Waals surface area contributed by atoms with Gasteiger partial charge in [0.05, 0.1) is 0 Å². The van der Waals surface area contributed by atoms with Crippen molar-refractivity contribution >= 4 is 0 Å². The average molecular weight is 200 g/mol. The van der Waals surface area contributed by atoms with Crippen molar-refractivity contribution in [3.63, 3.8) is 0 Å². The molecule has 0 amide bonds. The lowest BCUT2D eigenvalue weighted by Gasteiger charge is -2.19. The van der Waals surface area contributed by atoms with Gasteiger partial charge in [-0.05, 0) is 18.3 Å². The lowest BCUT2D eigenvalue weighted by molar-refractivity contribution is 0.266. The fourth-order valence-corrected chi connectivity index (χ4v) is 1.86. The molecule has 0 aliphatic heterocycles. The van der Waals surface area contributed by atoms with E-state index in [2.05, 4.69) is 20.8 Å².